The molecule has 1 heterocycles. The quantitative estimate of drug-likeness (QED) is 0.516. The first-order valence-electron chi connectivity index (χ1n) is 6.52. The molecule has 0 saturated carbocycles. The van der Waals surface area contributed by atoms with Gasteiger partial charge in [-0.1, -0.05) is 6.07 Å². The molecule has 2 aromatic carbocycles. The molecule has 0 fully saturated rings. The molecular formula is C16H9F4NOS. The average Bonchev–Trinajstić information content (AvgIpc) is 2.86. The minimum Gasteiger partial charge on any atom is -0.319 e. The van der Waals surface area contributed by atoms with Crippen molar-refractivity contribution in [2.45, 2.75) is 6.92 Å². The van der Waals surface area contributed by atoms with Crippen LogP contribution < -0.4 is 5.32 Å². The van der Waals surface area contributed by atoms with Gasteiger partial charge in [0.2, 0.25) is 0 Å². The van der Waals surface area contributed by atoms with E-state index in [4.69, 9.17) is 0 Å². The molecule has 1 N–H and O–H groups in total. The van der Waals surface area contributed by atoms with Gasteiger partial charge >= 0.3 is 0 Å². The fraction of sp³-hybridized carbons (Fsp3) is 0.0625. The number of fused-ring (bicyclic) bond motifs is 1. The Balaban J connectivity index is 2.00. The Morgan fingerprint density at radius 1 is 1.00 bits per heavy atom. The van der Waals surface area contributed by atoms with Gasteiger partial charge < -0.3 is 5.32 Å². The van der Waals surface area contributed by atoms with Crippen LogP contribution in [0, 0.1) is 30.2 Å². The number of rotatable bonds is 2. The van der Waals surface area contributed by atoms with Crippen LogP contribution in [0.25, 0.3) is 10.1 Å². The summed E-state index contributed by atoms with van der Waals surface area (Å²) in [5.74, 6) is -5.67. The van der Waals surface area contributed by atoms with Gasteiger partial charge in [-0.15, -0.1) is 11.3 Å². The van der Waals surface area contributed by atoms with Gasteiger partial charge in [0.15, 0.2) is 17.5 Å². The Labute approximate surface area is 132 Å². The first-order valence-corrected chi connectivity index (χ1v) is 7.34. The van der Waals surface area contributed by atoms with E-state index in [2.05, 4.69) is 5.32 Å². The van der Waals surface area contributed by atoms with Crippen LogP contribution in [-0.4, -0.2) is 5.91 Å². The van der Waals surface area contributed by atoms with E-state index in [0.29, 0.717) is 21.7 Å². The zero-order chi connectivity index (χ0) is 16.7. The summed E-state index contributed by atoms with van der Waals surface area (Å²) in [6, 6.07) is 6.09. The molecule has 0 saturated heterocycles. The molecule has 0 aliphatic rings. The first-order chi connectivity index (χ1) is 10.9. The molecule has 0 atom stereocenters. The highest BCUT2D eigenvalue weighted by Crippen LogP contribution is 2.33. The number of carbonyl (C=O) groups excluding carboxylic acids is 1. The summed E-state index contributed by atoms with van der Waals surface area (Å²) in [5, 5.41) is 2.50. The molecule has 3 rings (SSSR count). The topological polar surface area (TPSA) is 29.1 Å². The van der Waals surface area contributed by atoms with Gasteiger partial charge in [-0.3, -0.25) is 4.79 Å². The molecule has 23 heavy (non-hydrogen) atoms. The maximum Gasteiger partial charge on any atom is 0.266 e. The standard InChI is InChI=1S/C16H9F4NOS/c1-7-12-8(17)3-2-4-11(12)23-15(7)16(22)21-10-6-5-9(18)13(19)14(10)20/h2-6H,1H3,(H,21,22). The van der Waals surface area contributed by atoms with Gasteiger partial charge in [0.1, 0.15) is 5.82 Å². The molecule has 1 aromatic heterocycles. The lowest BCUT2D eigenvalue weighted by Gasteiger charge is -2.06. The Kier molecular flexibility index (Phi) is 3.81. The zero-order valence-corrected chi connectivity index (χ0v) is 12.5. The maximum absolute atomic E-state index is 13.8. The number of benzene rings is 2. The zero-order valence-electron chi connectivity index (χ0n) is 11.7. The van der Waals surface area contributed by atoms with Gasteiger partial charge in [-0.2, -0.15) is 0 Å². The summed E-state index contributed by atoms with van der Waals surface area (Å²) < 4.78 is 54.1. The van der Waals surface area contributed by atoms with E-state index in [1.54, 1.807) is 13.0 Å². The molecule has 0 aliphatic heterocycles. The summed E-state index contributed by atoms with van der Waals surface area (Å²) in [7, 11) is 0. The number of carbonyl (C=O) groups is 1. The molecule has 0 aliphatic carbocycles. The summed E-state index contributed by atoms with van der Waals surface area (Å²) >= 11 is 1.04. The molecule has 1 amide bonds. The lowest BCUT2D eigenvalue weighted by molar-refractivity contribution is 0.102. The largest absolute Gasteiger partial charge is 0.319 e. The maximum atomic E-state index is 13.8. The minimum atomic E-state index is -1.66. The third-order valence-electron chi connectivity index (χ3n) is 3.39. The number of aryl methyl sites for hydroxylation is 1. The van der Waals surface area contributed by atoms with Crippen molar-refractivity contribution >= 4 is 33.0 Å². The van der Waals surface area contributed by atoms with Crippen LogP contribution in [0.1, 0.15) is 15.2 Å². The predicted molar refractivity (Wildman–Crippen MR) is 80.8 cm³/mol. The van der Waals surface area contributed by atoms with Crippen LogP contribution in [0.4, 0.5) is 23.2 Å². The Hall–Kier alpha value is -2.41. The van der Waals surface area contributed by atoms with Crippen LogP contribution in [0.5, 0.6) is 0 Å². The van der Waals surface area contributed by atoms with Gasteiger partial charge in [0.25, 0.3) is 5.91 Å². The van der Waals surface area contributed by atoms with Crippen molar-refractivity contribution in [3.05, 3.63) is 64.0 Å². The second-order valence-corrected chi connectivity index (χ2v) is 5.90. The van der Waals surface area contributed by atoms with Crippen LogP contribution in [0.15, 0.2) is 30.3 Å². The van der Waals surface area contributed by atoms with E-state index in [1.165, 1.54) is 12.1 Å². The third kappa shape index (κ3) is 2.57. The lowest BCUT2D eigenvalue weighted by Crippen LogP contribution is -2.13. The summed E-state index contributed by atoms with van der Waals surface area (Å²) in [4.78, 5) is 12.4. The van der Waals surface area contributed by atoms with E-state index in [-0.39, 0.29) is 4.88 Å². The first kappa shape index (κ1) is 15.5. The number of nitrogens with one attached hydrogen (secondary N) is 1. The van der Waals surface area contributed by atoms with E-state index in [1.807, 2.05) is 0 Å². The fourth-order valence-corrected chi connectivity index (χ4v) is 3.39. The van der Waals surface area contributed by atoms with Gasteiger partial charge in [-0.05, 0) is 36.8 Å². The van der Waals surface area contributed by atoms with E-state index < -0.39 is 34.9 Å². The third-order valence-corrected chi connectivity index (χ3v) is 4.65. The van der Waals surface area contributed by atoms with Gasteiger partial charge in [0.05, 0.1) is 10.6 Å². The number of hydrogen-bond donors (Lipinski definition) is 1. The average molecular weight is 339 g/mol. The van der Waals surface area contributed by atoms with Crippen LogP contribution >= 0.6 is 11.3 Å². The molecule has 3 aromatic rings. The minimum absolute atomic E-state index is 0.175. The Bertz CT molecular complexity index is 935. The summed E-state index contributed by atoms with van der Waals surface area (Å²) in [5.41, 5.74) is -0.0742. The highest BCUT2D eigenvalue weighted by atomic mass is 32.1. The van der Waals surface area contributed by atoms with Crippen LogP contribution in [0.3, 0.4) is 0 Å². The molecular weight excluding hydrogens is 330 g/mol. The molecule has 0 radical (unpaired) electrons. The molecule has 0 unspecified atom stereocenters. The van der Waals surface area contributed by atoms with Crippen molar-refractivity contribution in [3.8, 4) is 0 Å². The number of hydrogen-bond acceptors (Lipinski definition) is 2. The number of amides is 1. The number of anilines is 1. The van der Waals surface area contributed by atoms with Crippen molar-refractivity contribution in [2.75, 3.05) is 5.32 Å². The van der Waals surface area contributed by atoms with Crippen LogP contribution in [0.2, 0.25) is 0 Å². The monoisotopic (exact) mass is 339 g/mol. The van der Waals surface area contributed by atoms with E-state index in [0.717, 1.165) is 17.4 Å². The fourth-order valence-electron chi connectivity index (χ4n) is 2.27. The SMILES string of the molecule is Cc1c(C(=O)Nc2ccc(F)c(F)c2F)sc2cccc(F)c12. The molecule has 0 bridgehead atoms. The second-order valence-electron chi connectivity index (χ2n) is 4.85. The second kappa shape index (κ2) is 5.66. The smallest absolute Gasteiger partial charge is 0.266 e. The molecule has 2 nitrogen and oxygen atoms in total. The van der Waals surface area contributed by atoms with Gasteiger partial charge in [0, 0.05) is 10.1 Å². The molecule has 118 valence electrons. The normalized spacial score (nSPS) is 11.0. The van der Waals surface area contributed by atoms with E-state index >= 15 is 0 Å². The van der Waals surface area contributed by atoms with Gasteiger partial charge in [-0.25, -0.2) is 17.6 Å². The molecule has 0 spiro atoms. The number of thiophene rings is 1. The Morgan fingerprint density at radius 3 is 2.43 bits per heavy atom. The highest BCUT2D eigenvalue weighted by molar-refractivity contribution is 7.21. The highest BCUT2D eigenvalue weighted by Gasteiger charge is 2.20. The van der Waals surface area contributed by atoms with Crippen LogP contribution in [-0.2, 0) is 0 Å². The predicted octanol–water partition coefficient (Wildman–Crippen LogP) is 5.02. The van der Waals surface area contributed by atoms with E-state index in [9.17, 15) is 22.4 Å². The lowest BCUT2D eigenvalue weighted by atomic mass is 10.1. The summed E-state index contributed by atoms with van der Waals surface area (Å²) in [6.45, 7) is 1.57. The van der Waals surface area contributed by atoms with Crippen molar-refractivity contribution < 1.29 is 22.4 Å². The van der Waals surface area contributed by atoms with Crippen molar-refractivity contribution in [1.82, 2.24) is 0 Å². The van der Waals surface area contributed by atoms with Crippen molar-refractivity contribution in [2.24, 2.45) is 0 Å². The summed E-state index contributed by atoms with van der Waals surface area (Å²) in [6.07, 6.45) is 0. The van der Waals surface area contributed by atoms with Crippen molar-refractivity contribution in [1.29, 1.82) is 0 Å². The Morgan fingerprint density at radius 2 is 1.74 bits per heavy atom. The number of halogens is 4. The van der Waals surface area contributed by atoms with Crippen molar-refractivity contribution in [3.63, 3.8) is 0 Å². The molecule has 7 heteroatoms.